The second-order valence-corrected chi connectivity index (χ2v) is 6.72. The molecule has 0 saturated carbocycles. The summed E-state index contributed by atoms with van der Waals surface area (Å²) >= 11 is 1.56. The molecule has 1 atom stereocenters. The third-order valence-corrected chi connectivity index (χ3v) is 4.70. The fraction of sp³-hybridized carbons (Fsp3) is 0.353. The quantitative estimate of drug-likeness (QED) is 0.920. The lowest BCUT2D eigenvalue weighted by atomic mass is 10.1. The summed E-state index contributed by atoms with van der Waals surface area (Å²) in [5.74, 6) is -1.10. The molecule has 1 aliphatic rings. The van der Waals surface area contributed by atoms with Crippen LogP contribution in [0.15, 0.2) is 29.6 Å². The number of benzene rings is 1. The first-order chi connectivity index (χ1) is 11.5. The SMILES string of the molecule is Cc1nc(-c2cccc(C(=O)N3CCOCC3CC(=O)O)c2)cs1. The molecule has 7 heteroatoms. The van der Waals surface area contributed by atoms with Gasteiger partial charge in [0.2, 0.25) is 0 Å². The van der Waals surface area contributed by atoms with Crippen molar-refractivity contribution in [1.82, 2.24) is 9.88 Å². The summed E-state index contributed by atoms with van der Waals surface area (Å²) in [5, 5.41) is 12.0. The van der Waals surface area contributed by atoms with Gasteiger partial charge in [-0.3, -0.25) is 9.59 Å². The first kappa shape index (κ1) is 16.6. The van der Waals surface area contributed by atoms with Gasteiger partial charge in [-0.25, -0.2) is 4.98 Å². The van der Waals surface area contributed by atoms with Gasteiger partial charge in [-0.2, -0.15) is 0 Å². The molecule has 0 spiro atoms. The zero-order valence-electron chi connectivity index (χ0n) is 13.3. The Hall–Kier alpha value is -2.25. The molecule has 126 valence electrons. The summed E-state index contributed by atoms with van der Waals surface area (Å²) in [7, 11) is 0. The number of carboxylic acid groups (broad SMARTS) is 1. The van der Waals surface area contributed by atoms with E-state index >= 15 is 0 Å². The van der Waals surface area contributed by atoms with Crippen molar-refractivity contribution < 1.29 is 19.4 Å². The number of aryl methyl sites for hydroxylation is 1. The van der Waals surface area contributed by atoms with Gasteiger partial charge in [-0.15, -0.1) is 11.3 Å². The normalized spacial score (nSPS) is 17.7. The van der Waals surface area contributed by atoms with Crippen LogP contribution >= 0.6 is 11.3 Å². The minimum Gasteiger partial charge on any atom is -0.481 e. The van der Waals surface area contributed by atoms with Crippen LogP contribution in [0.25, 0.3) is 11.3 Å². The fourth-order valence-electron chi connectivity index (χ4n) is 2.77. The van der Waals surface area contributed by atoms with Crippen molar-refractivity contribution in [3.63, 3.8) is 0 Å². The third kappa shape index (κ3) is 3.63. The van der Waals surface area contributed by atoms with Gasteiger partial charge in [-0.05, 0) is 19.1 Å². The van der Waals surface area contributed by atoms with Crippen LogP contribution in [0.5, 0.6) is 0 Å². The highest BCUT2D eigenvalue weighted by molar-refractivity contribution is 7.09. The highest BCUT2D eigenvalue weighted by Crippen LogP contribution is 2.24. The van der Waals surface area contributed by atoms with Crippen molar-refractivity contribution in [2.45, 2.75) is 19.4 Å². The van der Waals surface area contributed by atoms with E-state index in [0.717, 1.165) is 16.3 Å². The minimum absolute atomic E-state index is 0.114. The Balaban J connectivity index is 1.84. The average molecular weight is 346 g/mol. The molecule has 1 fully saturated rings. The highest BCUT2D eigenvalue weighted by Gasteiger charge is 2.29. The molecular formula is C17H18N2O4S. The molecule has 2 heterocycles. The van der Waals surface area contributed by atoms with E-state index in [-0.39, 0.29) is 18.9 Å². The molecule has 2 aromatic rings. The molecule has 3 rings (SSSR count). The largest absolute Gasteiger partial charge is 0.481 e. The van der Waals surface area contributed by atoms with E-state index in [1.165, 1.54) is 0 Å². The van der Waals surface area contributed by atoms with Crippen LogP contribution in [-0.4, -0.2) is 52.7 Å². The highest BCUT2D eigenvalue weighted by atomic mass is 32.1. The van der Waals surface area contributed by atoms with Gasteiger partial charge >= 0.3 is 5.97 Å². The van der Waals surface area contributed by atoms with Crippen molar-refractivity contribution in [1.29, 1.82) is 0 Å². The van der Waals surface area contributed by atoms with Crippen LogP contribution in [0, 0.1) is 6.92 Å². The number of rotatable bonds is 4. The molecule has 1 N–H and O–H groups in total. The number of thiazole rings is 1. The number of nitrogens with zero attached hydrogens (tertiary/aromatic N) is 2. The van der Waals surface area contributed by atoms with Gasteiger partial charge in [0.05, 0.1) is 36.4 Å². The Kier molecular flexibility index (Phi) is 4.92. The molecule has 1 saturated heterocycles. The lowest BCUT2D eigenvalue weighted by Gasteiger charge is -2.35. The standard InChI is InChI=1S/C17H18N2O4S/c1-11-18-15(10-24-11)12-3-2-4-13(7-12)17(22)19-5-6-23-9-14(19)8-16(20)21/h2-4,7,10,14H,5-6,8-9H2,1H3,(H,20,21). The van der Waals surface area contributed by atoms with Crippen LogP contribution in [0.3, 0.4) is 0 Å². The number of carbonyl (C=O) groups is 2. The van der Waals surface area contributed by atoms with Gasteiger partial charge in [0.1, 0.15) is 0 Å². The Labute approximate surface area is 143 Å². The summed E-state index contributed by atoms with van der Waals surface area (Å²) in [6.45, 7) is 3.01. The maximum absolute atomic E-state index is 12.8. The number of morpholine rings is 1. The van der Waals surface area contributed by atoms with Crippen LogP contribution in [0.4, 0.5) is 0 Å². The molecule has 0 radical (unpaired) electrons. The number of aromatic nitrogens is 1. The zero-order valence-corrected chi connectivity index (χ0v) is 14.1. The molecule has 0 aliphatic carbocycles. The van der Waals surface area contributed by atoms with Crippen LogP contribution < -0.4 is 0 Å². The Morgan fingerprint density at radius 2 is 2.29 bits per heavy atom. The molecule has 1 aliphatic heterocycles. The summed E-state index contributed by atoms with van der Waals surface area (Å²) in [5.41, 5.74) is 2.26. The minimum atomic E-state index is -0.935. The topological polar surface area (TPSA) is 79.7 Å². The zero-order chi connectivity index (χ0) is 17.1. The predicted molar refractivity (Wildman–Crippen MR) is 90.2 cm³/mol. The number of carboxylic acids is 1. The second kappa shape index (κ2) is 7.11. The number of ether oxygens (including phenoxy) is 1. The van der Waals surface area contributed by atoms with E-state index in [9.17, 15) is 9.59 Å². The average Bonchev–Trinajstić information content (AvgIpc) is 3.01. The van der Waals surface area contributed by atoms with E-state index in [4.69, 9.17) is 9.84 Å². The Bertz CT molecular complexity index is 759. The van der Waals surface area contributed by atoms with Crippen LogP contribution in [0.2, 0.25) is 0 Å². The number of amides is 1. The molecule has 6 nitrogen and oxygen atoms in total. The third-order valence-electron chi connectivity index (χ3n) is 3.92. The van der Waals surface area contributed by atoms with Crippen molar-refractivity contribution in [3.05, 3.63) is 40.2 Å². The lowest BCUT2D eigenvalue weighted by molar-refractivity contribution is -0.139. The van der Waals surface area contributed by atoms with Crippen molar-refractivity contribution in [3.8, 4) is 11.3 Å². The van der Waals surface area contributed by atoms with Gasteiger partial charge in [0, 0.05) is 23.1 Å². The maximum Gasteiger partial charge on any atom is 0.305 e. The Morgan fingerprint density at radius 3 is 3.00 bits per heavy atom. The first-order valence-corrected chi connectivity index (χ1v) is 8.55. The van der Waals surface area contributed by atoms with E-state index in [2.05, 4.69) is 4.98 Å². The summed E-state index contributed by atoms with van der Waals surface area (Å²) in [4.78, 5) is 29.9. The monoisotopic (exact) mass is 346 g/mol. The fourth-order valence-corrected chi connectivity index (χ4v) is 3.39. The van der Waals surface area contributed by atoms with Crippen LogP contribution in [0.1, 0.15) is 21.8 Å². The second-order valence-electron chi connectivity index (χ2n) is 5.66. The van der Waals surface area contributed by atoms with Gasteiger partial charge in [0.15, 0.2) is 0 Å². The van der Waals surface area contributed by atoms with Crippen LogP contribution in [-0.2, 0) is 9.53 Å². The van der Waals surface area contributed by atoms with Crippen molar-refractivity contribution >= 4 is 23.2 Å². The smallest absolute Gasteiger partial charge is 0.305 e. The number of hydrogen-bond donors (Lipinski definition) is 1. The van der Waals surface area contributed by atoms with E-state index in [1.54, 1.807) is 22.3 Å². The van der Waals surface area contributed by atoms with Gasteiger partial charge in [-0.1, -0.05) is 12.1 Å². The number of hydrogen-bond acceptors (Lipinski definition) is 5. The molecule has 1 aromatic heterocycles. The Morgan fingerprint density at radius 1 is 1.46 bits per heavy atom. The van der Waals surface area contributed by atoms with E-state index in [0.29, 0.717) is 18.7 Å². The number of carbonyl (C=O) groups excluding carboxylic acids is 1. The summed E-state index contributed by atoms with van der Waals surface area (Å²) in [6.07, 6.45) is -0.114. The van der Waals surface area contributed by atoms with Gasteiger partial charge < -0.3 is 14.7 Å². The predicted octanol–water partition coefficient (Wildman–Crippen LogP) is 2.43. The molecule has 1 aromatic carbocycles. The number of aliphatic carboxylic acids is 1. The van der Waals surface area contributed by atoms with Crippen molar-refractivity contribution in [2.75, 3.05) is 19.8 Å². The van der Waals surface area contributed by atoms with E-state index < -0.39 is 12.0 Å². The van der Waals surface area contributed by atoms with E-state index in [1.807, 2.05) is 30.5 Å². The lowest BCUT2D eigenvalue weighted by Crippen LogP contribution is -2.49. The maximum atomic E-state index is 12.8. The molecule has 1 unspecified atom stereocenters. The summed E-state index contributed by atoms with van der Waals surface area (Å²) in [6, 6.07) is 6.86. The first-order valence-electron chi connectivity index (χ1n) is 7.67. The summed E-state index contributed by atoms with van der Waals surface area (Å²) < 4.78 is 5.33. The molecular weight excluding hydrogens is 328 g/mol. The molecule has 1 amide bonds. The van der Waals surface area contributed by atoms with Gasteiger partial charge in [0.25, 0.3) is 5.91 Å². The molecule has 0 bridgehead atoms. The van der Waals surface area contributed by atoms with Crippen molar-refractivity contribution in [2.24, 2.45) is 0 Å². The molecule has 24 heavy (non-hydrogen) atoms.